The zero-order valence-corrected chi connectivity index (χ0v) is 21.8. The van der Waals surface area contributed by atoms with Crippen LogP contribution >= 0.6 is 23.2 Å². The van der Waals surface area contributed by atoms with Crippen molar-refractivity contribution >= 4 is 46.7 Å². The number of hydrogen-bond acceptors (Lipinski definition) is 5. The second kappa shape index (κ2) is 11.0. The Morgan fingerprint density at radius 1 is 1.03 bits per heavy atom. The molecule has 1 aliphatic rings. The summed E-state index contributed by atoms with van der Waals surface area (Å²) in [6.07, 6.45) is -0.364. The van der Waals surface area contributed by atoms with Crippen LogP contribution in [-0.4, -0.2) is 38.5 Å². The molecule has 0 aromatic heterocycles. The molecule has 2 amide bonds. The van der Waals surface area contributed by atoms with Crippen molar-refractivity contribution in [1.29, 1.82) is 0 Å². The molecule has 0 fully saturated rings. The molecule has 0 saturated carbocycles. The summed E-state index contributed by atoms with van der Waals surface area (Å²) in [5, 5.41) is 5.75. The number of rotatable bonds is 8. The van der Waals surface area contributed by atoms with E-state index < -0.39 is 47.4 Å². The van der Waals surface area contributed by atoms with Crippen molar-refractivity contribution in [1.82, 2.24) is 5.32 Å². The van der Waals surface area contributed by atoms with Crippen molar-refractivity contribution in [3.63, 3.8) is 0 Å². The van der Waals surface area contributed by atoms with E-state index in [2.05, 4.69) is 15.4 Å². The van der Waals surface area contributed by atoms with Crippen molar-refractivity contribution in [2.24, 2.45) is 0 Å². The van der Waals surface area contributed by atoms with Crippen LogP contribution in [0.15, 0.2) is 54.6 Å². The van der Waals surface area contributed by atoms with Gasteiger partial charge in [0.05, 0.1) is 7.11 Å². The van der Waals surface area contributed by atoms with Gasteiger partial charge in [0.15, 0.2) is 6.61 Å². The Morgan fingerprint density at radius 2 is 1.74 bits per heavy atom. The average Bonchev–Trinajstić information content (AvgIpc) is 3.18. The quantitative estimate of drug-likeness (QED) is 0.377. The first-order valence-electron chi connectivity index (χ1n) is 11.4. The molecule has 0 spiro atoms. The van der Waals surface area contributed by atoms with Gasteiger partial charge in [0.1, 0.15) is 22.8 Å². The number of benzene rings is 3. The molecule has 38 heavy (non-hydrogen) atoms. The lowest BCUT2D eigenvalue weighted by Gasteiger charge is -2.37. The molecule has 1 aliphatic heterocycles. The zero-order valence-electron chi connectivity index (χ0n) is 20.2. The molecule has 0 aliphatic carbocycles. The number of nitrogens with one attached hydrogen (secondary N) is 2. The molecule has 2 atom stereocenters. The summed E-state index contributed by atoms with van der Waals surface area (Å²) in [4.78, 5) is 38.7. The fourth-order valence-electron chi connectivity index (χ4n) is 4.81. The summed E-state index contributed by atoms with van der Waals surface area (Å²) in [5.41, 5.74) is -1.51. The first kappa shape index (κ1) is 27.3. The fourth-order valence-corrected chi connectivity index (χ4v) is 5.16. The average molecular weight is 563 g/mol. The van der Waals surface area contributed by atoms with Crippen LogP contribution in [-0.2, 0) is 24.5 Å². The number of halogens is 4. The van der Waals surface area contributed by atoms with Crippen LogP contribution in [0, 0.1) is 11.6 Å². The van der Waals surface area contributed by atoms with Crippen LogP contribution in [0.1, 0.15) is 29.0 Å². The molecule has 198 valence electrons. The van der Waals surface area contributed by atoms with E-state index in [0.717, 1.165) is 18.2 Å². The van der Waals surface area contributed by atoms with E-state index in [1.807, 2.05) is 0 Å². The number of hydrogen-bond donors (Lipinski definition) is 2. The van der Waals surface area contributed by atoms with Crippen LogP contribution in [0.3, 0.4) is 0 Å². The highest BCUT2D eigenvalue weighted by atomic mass is 35.5. The van der Waals surface area contributed by atoms with Gasteiger partial charge in [0.25, 0.3) is 0 Å². The molecule has 3 aromatic rings. The van der Waals surface area contributed by atoms with Gasteiger partial charge >= 0.3 is 5.97 Å². The SMILES string of the molecule is CNC(=O)C[C@H](c1cc(Cl)ccc1OCC(=O)OC)[C@]1(c2cc(F)ccc2F)C(=O)Nc2cc(Cl)ccc21. The number of carbonyl (C=O) groups is 3. The lowest BCUT2D eigenvalue weighted by atomic mass is 9.62. The van der Waals surface area contributed by atoms with Crippen molar-refractivity contribution in [2.45, 2.75) is 17.8 Å². The minimum Gasteiger partial charge on any atom is -0.482 e. The number of fused-ring (bicyclic) bond motifs is 1. The van der Waals surface area contributed by atoms with Crippen molar-refractivity contribution in [3.05, 3.63) is 93.0 Å². The molecule has 11 heteroatoms. The molecular weight excluding hydrogens is 541 g/mol. The third kappa shape index (κ3) is 4.91. The normalized spacial score (nSPS) is 16.8. The third-order valence-electron chi connectivity index (χ3n) is 6.48. The fraction of sp³-hybridized carbons (Fsp3) is 0.222. The van der Waals surface area contributed by atoms with E-state index in [1.54, 1.807) is 0 Å². The maximum absolute atomic E-state index is 15.6. The Hall–Kier alpha value is -3.69. The predicted molar refractivity (Wildman–Crippen MR) is 138 cm³/mol. The Balaban J connectivity index is 2.08. The van der Waals surface area contributed by atoms with Crippen molar-refractivity contribution in [2.75, 3.05) is 26.1 Å². The summed E-state index contributed by atoms with van der Waals surface area (Å²) >= 11 is 12.5. The van der Waals surface area contributed by atoms with Crippen LogP contribution in [0.2, 0.25) is 10.0 Å². The Bertz CT molecular complexity index is 1430. The van der Waals surface area contributed by atoms with E-state index in [0.29, 0.717) is 5.02 Å². The molecule has 0 saturated heterocycles. The smallest absolute Gasteiger partial charge is 0.343 e. The maximum Gasteiger partial charge on any atom is 0.343 e. The van der Waals surface area contributed by atoms with Gasteiger partial charge in [-0.15, -0.1) is 0 Å². The zero-order chi connectivity index (χ0) is 27.6. The van der Waals surface area contributed by atoms with Gasteiger partial charge in [-0.05, 0) is 54.1 Å². The second-order valence-electron chi connectivity index (χ2n) is 8.55. The molecule has 1 heterocycles. The maximum atomic E-state index is 15.6. The lowest BCUT2D eigenvalue weighted by molar-refractivity contribution is -0.143. The summed E-state index contributed by atoms with van der Waals surface area (Å²) in [6, 6.07) is 11.7. The highest BCUT2D eigenvalue weighted by Gasteiger charge is 2.56. The van der Waals surface area contributed by atoms with Gasteiger partial charge in [-0.2, -0.15) is 0 Å². The predicted octanol–water partition coefficient (Wildman–Crippen LogP) is 4.98. The molecule has 0 bridgehead atoms. The summed E-state index contributed by atoms with van der Waals surface area (Å²) in [7, 11) is 2.60. The molecular formula is C27H22Cl2F2N2O5. The number of ether oxygens (including phenoxy) is 2. The number of amides is 2. The largest absolute Gasteiger partial charge is 0.482 e. The third-order valence-corrected chi connectivity index (χ3v) is 6.95. The standard InChI is InChI=1S/C27H22Cl2F2N2O5/c1-32-24(34)12-19(17-9-14(28)4-8-23(17)38-13-25(35)37-2)27(20-11-16(30)5-7-21(20)31)18-6-3-15(29)10-22(18)33-26(27)36/h3-11,19H,12-13H2,1-2H3,(H,32,34)(H,33,36)/t19-,27-/m1/s1. The van der Waals surface area contributed by atoms with Gasteiger partial charge < -0.3 is 20.1 Å². The number of anilines is 1. The summed E-state index contributed by atoms with van der Waals surface area (Å²) in [5.74, 6) is -4.65. The van der Waals surface area contributed by atoms with Crippen molar-refractivity contribution < 1.29 is 32.6 Å². The Kier molecular flexibility index (Phi) is 7.89. The highest BCUT2D eigenvalue weighted by molar-refractivity contribution is 6.31. The molecule has 0 unspecified atom stereocenters. The van der Waals surface area contributed by atoms with Gasteiger partial charge in [0.2, 0.25) is 11.8 Å². The van der Waals surface area contributed by atoms with Crippen LogP contribution in [0.25, 0.3) is 0 Å². The second-order valence-corrected chi connectivity index (χ2v) is 9.43. The Morgan fingerprint density at radius 3 is 2.45 bits per heavy atom. The summed E-state index contributed by atoms with van der Waals surface area (Å²) in [6.45, 7) is -0.489. The van der Waals surface area contributed by atoms with Crippen molar-refractivity contribution in [3.8, 4) is 5.75 Å². The van der Waals surface area contributed by atoms with Crippen LogP contribution < -0.4 is 15.4 Å². The number of esters is 1. The van der Waals surface area contributed by atoms with E-state index >= 15 is 4.39 Å². The molecule has 0 radical (unpaired) electrons. The first-order chi connectivity index (χ1) is 18.1. The highest BCUT2D eigenvalue weighted by Crippen LogP contribution is 2.55. The van der Waals surface area contributed by atoms with Crippen LogP contribution in [0.5, 0.6) is 5.75 Å². The molecule has 3 aromatic carbocycles. The Labute approximate surface area is 227 Å². The van der Waals surface area contributed by atoms with E-state index in [1.165, 1.54) is 50.6 Å². The van der Waals surface area contributed by atoms with E-state index in [9.17, 15) is 18.8 Å². The number of carbonyl (C=O) groups excluding carboxylic acids is 3. The topological polar surface area (TPSA) is 93.7 Å². The van der Waals surface area contributed by atoms with Crippen LogP contribution in [0.4, 0.5) is 14.5 Å². The lowest BCUT2D eigenvalue weighted by Crippen LogP contribution is -2.44. The van der Waals surface area contributed by atoms with Gasteiger partial charge in [-0.1, -0.05) is 29.3 Å². The van der Waals surface area contributed by atoms with E-state index in [-0.39, 0.29) is 39.6 Å². The monoisotopic (exact) mass is 562 g/mol. The molecule has 4 rings (SSSR count). The molecule has 7 nitrogen and oxygen atoms in total. The van der Waals surface area contributed by atoms with Gasteiger partial charge in [0, 0.05) is 46.2 Å². The first-order valence-corrected chi connectivity index (χ1v) is 12.1. The minimum atomic E-state index is -1.97. The number of methoxy groups -OCH3 is 1. The van der Waals surface area contributed by atoms with E-state index in [4.69, 9.17) is 27.9 Å². The molecule has 2 N–H and O–H groups in total. The van der Waals surface area contributed by atoms with Gasteiger partial charge in [-0.3, -0.25) is 9.59 Å². The minimum absolute atomic E-state index is 0.0973. The van der Waals surface area contributed by atoms with Gasteiger partial charge in [-0.25, -0.2) is 13.6 Å². The summed E-state index contributed by atoms with van der Waals surface area (Å²) < 4.78 is 40.6.